The van der Waals surface area contributed by atoms with Crippen LogP contribution in [0.4, 0.5) is 5.69 Å². The van der Waals surface area contributed by atoms with Gasteiger partial charge in [0.15, 0.2) is 5.96 Å². The van der Waals surface area contributed by atoms with Crippen molar-refractivity contribution in [3.8, 4) is 0 Å². The van der Waals surface area contributed by atoms with Crippen LogP contribution in [-0.4, -0.2) is 82.8 Å². The maximum absolute atomic E-state index is 12.7. The number of hydrogen-bond donors (Lipinski definition) is 1. The Kier molecular flexibility index (Phi) is 9.19. The van der Waals surface area contributed by atoms with Crippen molar-refractivity contribution in [3.63, 3.8) is 0 Å². The maximum Gasteiger partial charge on any atom is 0.246 e. The van der Waals surface area contributed by atoms with Crippen molar-refractivity contribution in [2.45, 2.75) is 52.1 Å². The molecule has 2 unspecified atom stereocenters. The monoisotopic (exact) mass is 517 g/mol. The number of carbonyl (C=O) groups excluding carboxylic acids is 1. The van der Waals surface area contributed by atoms with Crippen molar-refractivity contribution in [3.05, 3.63) is 12.4 Å². The fraction of sp³-hybridized carbons (Fsp3) is 0.750. The summed E-state index contributed by atoms with van der Waals surface area (Å²) in [5.41, 5.74) is 0.863. The van der Waals surface area contributed by atoms with E-state index in [1.165, 1.54) is 19.3 Å². The van der Waals surface area contributed by atoms with Gasteiger partial charge in [0.2, 0.25) is 5.91 Å². The standard InChI is InChI=1S/C20H35N7O.HI/c1-5-21-20(22-12-17(3)26-9-7-6-8-16(26)2)25-10-11-27(19(28)15-25)18-13-23-24(4)14-18;/h13-14,16-17H,5-12,15H2,1-4H3,(H,21,22);1H. The lowest BCUT2D eigenvalue weighted by Gasteiger charge is -2.38. The quantitative estimate of drug-likeness (QED) is 0.367. The lowest BCUT2D eigenvalue weighted by atomic mass is 10.0. The minimum absolute atomic E-state index is 0. The molecule has 3 heterocycles. The van der Waals surface area contributed by atoms with E-state index >= 15 is 0 Å². The molecular weight excluding hydrogens is 481 g/mol. The van der Waals surface area contributed by atoms with Crippen LogP contribution in [0.5, 0.6) is 0 Å². The molecule has 2 aliphatic heterocycles. The van der Waals surface area contributed by atoms with Crippen LogP contribution >= 0.6 is 24.0 Å². The third-order valence-corrected chi connectivity index (χ3v) is 5.78. The van der Waals surface area contributed by atoms with E-state index in [2.05, 4.69) is 41.0 Å². The SMILES string of the molecule is CCNC(=NCC(C)N1CCCCC1C)N1CCN(c2cnn(C)c2)C(=O)C1.I. The molecule has 29 heavy (non-hydrogen) atoms. The number of guanidine groups is 1. The number of nitrogens with one attached hydrogen (secondary N) is 1. The van der Waals surface area contributed by atoms with Crippen molar-refractivity contribution >= 4 is 41.5 Å². The lowest BCUT2D eigenvalue weighted by Crippen LogP contribution is -2.55. The third kappa shape index (κ3) is 6.07. The van der Waals surface area contributed by atoms with Crippen LogP contribution in [0, 0.1) is 0 Å². The summed E-state index contributed by atoms with van der Waals surface area (Å²) >= 11 is 0. The molecule has 2 saturated heterocycles. The second-order valence-corrected chi connectivity index (χ2v) is 7.97. The zero-order valence-electron chi connectivity index (χ0n) is 18.2. The maximum atomic E-state index is 12.7. The number of carbonyl (C=O) groups is 1. The van der Waals surface area contributed by atoms with Gasteiger partial charge in [0.1, 0.15) is 6.54 Å². The van der Waals surface area contributed by atoms with E-state index < -0.39 is 0 Å². The summed E-state index contributed by atoms with van der Waals surface area (Å²) in [4.78, 5) is 24.0. The minimum Gasteiger partial charge on any atom is -0.357 e. The van der Waals surface area contributed by atoms with E-state index in [-0.39, 0.29) is 29.9 Å². The van der Waals surface area contributed by atoms with Crippen molar-refractivity contribution in [1.29, 1.82) is 0 Å². The van der Waals surface area contributed by atoms with E-state index in [0.29, 0.717) is 25.2 Å². The Hall–Kier alpha value is -1.36. The van der Waals surface area contributed by atoms with Crippen LogP contribution in [0.2, 0.25) is 0 Å². The van der Waals surface area contributed by atoms with Gasteiger partial charge in [-0.3, -0.25) is 19.4 Å². The molecule has 1 amide bonds. The van der Waals surface area contributed by atoms with Crippen molar-refractivity contribution in [1.82, 2.24) is 24.9 Å². The molecule has 164 valence electrons. The summed E-state index contributed by atoms with van der Waals surface area (Å²) in [6.07, 6.45) is 7.52. The highest BCUT2D eigenvalue weighted by Crippen LogP contribution is 2.19. The number of nitrogens with zero attached hydrogens (tertiary/aromatic N) is 6. The van der Waals surface area contributed by atoms with Crippen molar-refractivity contribution in [2.24, 2.45) is 12.0 Å². The Labute approximate surface area is 191 Å². The highest BCUT2D eigenvalue weighted by atomic mass is 127. The van der Waals surface area contributed by atoms with Crippen molar-refractivity contribution < 1.29 is 4.79 Å². The van der Waals surface area contributed by atoms with E-state index in [9.17, 15) is 4.79 Å². The topological polar surface area (TPSA) is 69.0 Å². The molecule has 0 aliphatic carbocycles. The average Bonchev–Trinajstić information content (AvgIpc) is 3.11. The molecule has 1 N–H and O–H groups in total. The van der Waals surface area contributed by atoms with Gasteiger partial charge in [0.05, 0.1) is 18.4 Å². The Morgan fingerprint density at radius 1 is 1.34 bits per heavy atom. The summed E-state index contributed by atoms with van der Waals surface area (Å²) < 4.78 is 1.73. The molecule has 0 bridgehead atoms. The highest BCUT2D eigenvalue weighted by Gasteiger charge is 2.28. The molecule has 2 aliphatic rings. The Balaban J connectivity index is 0.00000300. The van der Waals surface area contributed by atoms with E-state index in [4.69, 9.17) is 4.99 Å². The predicted octanol–water partition coefficient (Wildman–Crippen LogP) is 1.92. The largest absolute Gasteiger partial charge is 0.357 e. The number of aryl methyl sites for hydroxylation is 1. The van der Waals surface area contributed by atoms with Gasteiger partial charge in [-0.25, -0.2) is 0 Å². The number of halogens is 1. The second kappa shape index (κ2) is 11.1. The molecule has 2 fully saturated rings. The first-order valence-electron chi connectivity index (χ1n) is 10.6. The number of piperidine rings is 1. The number of amides is 1. The van der Waals surface area contributed by atoms with E-state index in [1.807, 2.05) is 18.1 Å². The van der Waals surface area contributed by atoms with Crippen LogP contribution in [0.15, 0.2) is 17.4 Å². The smallest absolute Gasteiger partial charge is 0.246 e. The number of aromatic nitrogens is 2. The van der Waals surface area contributed by atoms with Gasteiger partial charge in [-0.1, -0.05) is 6.42 Å². The first kappa shape index (κ1) is 23.9. The minimum atomic E-state index is 0. The first-order valence-corrected chi connectivity index (χ1v) is 10.6. The van der Waals surface area contributed by atoms with E-state index in [0.717, 1.165) is 37.8 Å². The fourth-order valence-electron chi connectivity index (χ4n) is 4.20. The number of likely N-dealkylation sites (tertiary alicyclic amines) is 1. The van der Waals surface area contributed by atoms with Crippen molar-refractivity contribution in [2.75, 3.05) is 44.2 Å². The molecule has 0 aromatic carbocycles. The molecule has 0 radical (unpaired) electrons. The molecule has 2 atom stereocenters. The van der Waals surface area contributed by atoms with Gasteiger partial charge in [0, 0.05) is 45.0 Å². The molecule has 3 rings (SSSR count). The van der Waals surface area contributed by atoms with Crippen LogP contribution in [0.25, 0.3) is 0 Å². The molecular formula is C20H36IN7O. The molecule has 1 aromatic rings. The first-order chi connectivity index (χ1) is 13.5. The molecule has 9 heteroatoms. The molecule has 0 spiro atoms. The van der Waals surface area contributed by atoms with Gasteiger partial charge in [-0.15, -0.1) is 24.0 Å². The zero-order valence-corrected chi connectivity index (χ0v) is 20.5. The van der Waals surface area contributed by atoms with Crippen LogP contribution < -0.4 is 10.2 Å². The lowest BCUT2D eigenvalue weighted by molar-refractivity contribution is -0.120. The molecule has 0 saturated carbocycles. The van der Waals surface area contributed by atoms with Gasteiger partial charge in [-0.05, 0) is 40.2 Å². The summed E-state index contributed by atoms with van der Waals surface area (Å²) in [6.45, 7) is 11.1. The summed E-state index contributed by atoms with van der Waals surface area (Å²) in [5.74, 6) is 0.931. The van der Waals surface area contributed by atoms with Gasteiger partial charge < -0.3 is 15.1 Å². The van der Waals surface area contributed by atoms with Gasteiger partial charge >= 0.3 is 0 Å². The number of piperazine rings is 1. The molecule has 8 nitrogen and oxygen atoms in total. The second-order valence-electron chi connectivity index (χ2n) is 7.97. The summed E-state index contributed by atoms with van der Waals surface area (Å²) in [7, 11) is 1.87. The predicted molar refractivity (Wildman–Crippen MR) is 128 cm³/mol. The number of aliphatic imine (C=N–C) groups is 1. The number of rotatable bonds is 5. The normalized spacial score (nSPS) is 22.4. The van der Waals surface area contributed by atoms with Gasteiger partial charge in [0.25, 0.3) is 0 Å². The number of anilines is 1. The van der Waals surface area contributed by atoms with Crippen LogP contribution in [0.3, 0.4) is 0 Å². The third-order valence-electron chi connectivity index (χ3n) is 5.78. The average molecular weight is 517 g/mol. The molecule has 1 aromatic heterocycles. The Morgan fingerprint density at radius 3 is 2.76 bits per heavy atom. The van der Waals surface area contributed by atoms with Gasteiger partial charge in [-0.2, -0.15) is 5.10 Å². The van der Waals surface area contributed by atoms with E-state index in [1.54, 1.807) is 10.9 Å². The summed E-state index contributed by atoms with van der Waals surface area (Å²) in [5, 5.41) is 7.55. The Bertz CT molecular complexity index is 692. The van der Waals surface area contributed by atoms with Crippen LogP contribution in [0.1, 0.15) is 40.0 Å². The zero-order chi connectivity index (χ0) is 20.1. The fourth-order valence-corrected chi connectivity index (χ4v) is 4.20. The highest BCUT2D eigenvalue weighted by molar-refractivity contribution is 14.0. The number of hydrogen-bond acceptors (Lipinski definition) is 4. The summed E-state index contributed by atoms with van der Waals surface area (Å²) in [6, 6.07) is 1.04. The Morgan fingerprint density at radius 2 is 2.14 bits per heavy atom. The van der Waals surface area contributed by atoms with Crippen LogP contribution in [-0.2, 0) is 11.8 Å².